The fraction of sp³-hybridized carbons (Fsp3) is 0.133. The second-order valence-electron chi connectivity index (χ2n) is 5.14. The summed E-state index contributed by atoms with van der Waals surface area (Å²) in [4.78, 5) is 0.460. The van der Waals surface area contributed by atoms with Crippen molar-refractivity contribution in [2.24, 2.45) is 11.4 Å². The Kier molecular flexibility index (Phi) is 3.56. The number of hydrogen-bond acceptors (Lipinski definition) is 5. The van der Waals surface area contributed by atoms with Gasteiger partial charge in [-0.05, 0) is 24.3 Å². The Morgan fingerprint density at radius 3 is 2.54 bits per heavy atom. The van der Waals surface area contributed by atoms with Crippen molar-refractivity contribution in [3.8, 4) is 11.5 Å². The molecule has 1 aromatic heterocycles. The van der Waals surface area contributed by atoms with E-state index < -0.39 is 10.0 Å². The molecular formula is C15H11ClN2O4S2. The molecule has 1 aliphatic rings. The fourth-order valence-electron chi connectivity index (χ4n) is 2.37. The van der Waals surface area contributed by atoms with E-state index >= 15 is 0 Å². The average Bonchev–Trinajstić information content (AvgIpc) is 3.10. The zero-order valence-electron chi connectivity index (χ0n) is 12.4. The van der Waals surface area contributed by atoms with Crippen LogP contribution < -0.4 is 14.3 Å². The van der Waals surface area contributed by atoms with Crippen LogP contribution >= 0.6 is 22.9 Å². The molecule has 3 aromatic rings. The van der Waals surface area contributed by atoms with Crippen molar-refractivity contribution >= 4 is 43.2 Å². The Labute approximate surface area is 146 Å². The first-order chi connectivity index (χ1) is 11.4. The lowest BCUT2D eigenvalue weighted by Crippen LogP contribution is -2.13. The van der Waals surface area contributed by atoms with Gasteiger partial charge < -0.3 is 14.0 Å². The van der Waals surface area contributed by atoms with Gasteiger partial charge in [-0.2, -0.15) is 8.42 Å². The number of nitrogens with zero attached hydrogens (tertiary/aromatic N) is 2. The van der Waals surface area contributed by atoms with Crippen molar-refractivity contribution in [1.29, 1.82) is 0 Å². The monoisotopic (exact) mass is 382 g/mol. The maximum Gasteiger partial charge on any atom is 0.285 e. The van der Waals surface area contributed by atoms with Crippen LogP contribution in [0.4, 0.5) is 0 Å². The first kappa shape index (κ1) is 15.5. The SMILES string of the molecule is Cn1c(=NS(=O)(=O)c2ccc(Cl)cc2)sc2cc3c(cc21)OCO3. The molecule has 0 amide bonds. The van der Waals surface area contributed by atoms with E-state index in [4.69, 9.17) is 21.1 Å². The van der Waals surface area contributed by atoms with E-state index in [9.17, 15) is 8.42 Å². The fourth-order valence-corrected chi connectivity index (χ4v) is 4.75. The van der Waals surface area contributed by atoms with Crippen LogP contribution in [0.2, 0.25) is 5.02 Å². The van der Waals surface area contributed by atoms with Crippen LogP contribution in [0.1, 0.15) is 0 Å². The predicted molar refractivity (Wildman–Crippen MR) is 91.1 cm³/mol. The quantitative estimate of drug-likeness (QED) is 0.683. The third kappa shape index (κ3) is 2.56. The van der Waals surface area contributed by atoms with E-state index in [0.717, 1.165) is 10.2 Å². The van der Waals surface area contributed by atoms with Gasteiger partial charge in [0.2, 0.25) is 11.6 Å². The molecule has 0 N–H and O–H groups in total. The second kappa shape index (κ2) is 5.51. The van der Waals surface area contributed by atoms with Gasteiger partial charge in [-0.25, -0.2) is 0 Å². The van der Waals surface area contributed by atoms with Crippen molar-refractivity contribution in [3.63, 3.8) is 0 Å². The third-order valence-corrected chi connectivity index (χ3v) is 6.36. The molecule has 0 atom stereocenters. The van der Waals surface area contributed by atoms with Crippen molar-refractivity contribution in [2.45, 2.75) is 4.90 Å². The van der Waals surface area contributed by atoms with Crippen LogP contribution in [0, 0.1) is 0 Å². The predicted octanol–water partition coefficient (Wildman–Crippen LogP) is 2.91. The summed E-state index contributed by atoms with van der Waals surface area (Å²) in [5.74, 6) is 1.29. The number of sulfonamides is 1. The van der Waals surface area contributed by atoms with E-state index in [2.05, 4.69) is 4.40 Å². The Morgan fingerprint density at radius 1 is 1.17 bits per heavy atom. The number of thiazole rings is 1. The molecule has 0 radical (unpaired) electrons. The van der Waals surface area contributed by atoms with Gasteiger partial charge in [0.05, 0.1) is 15.1 Å². The molecule has 0 fully saturated rings. The molecule has 4 rings (SSSR count). The number of aryl methyl sites for hydroxylation is 1. The minimum Gasteiger partial charge on any atom is -0.454 e. The Morgan fingerprint density at radius 2 is 1.83 bits per heavy atom. The van der Waals surface area contributed by atoms with Gasteiger partial charge in [0.1, 0.15) is 0 Å². The molecule has 0 spiro atoms. The van der Waals surface area contributed by atoms with Gasteiger partial charge >= 0.3 is 0 Å². The van der Waals surface area contributed by atoms with Gasteiger partial charge in [0.15, 0.2) is 11.5 Å². The maximum atomic E-state index is 12.5. The lowest BCUT2D eigenvalue weighted by Gasteiger charge is -1.99. The molecule has 2 heterocycles. The van der Waals surface area contributed by atoms with Crippen LogP contribution in [0.3, 0.4) is 0 Å². The lowest BCUT2D eigenvalue weighted by atomic mass is 10.3. The van der Waals surface area contributed by atoms with Crippen molar-refractivity contribution in [2.75, 3.05) is 6.79 Å². The number of fused-ring (bicyclic) bond motifs is 2. The van der Waals surface area contributed by atoms with Crippen LogP contribution in [0.5, 0.6) is 11.5 Å². The van der Waals surface area contributed by atoms with Crippen LogP contribution in [-0.2, 0) is 17.1 Å². The second-order valence-corrected chi connectivity index (χ2v) is 8.19. The Hall–Kier alpha value is -2.03. The lowest BCUT2D eigenvalue weighted by molar-refractivity contribution is 0.174. The molecule has 0 unspecified atom stereocenters. The minimum atomic E-state index is -3.82. The maximum absolute atomic E-state index is 12.5. The molecule has 0 saturated carbocycles. The van der Waals surface area contributed by atoms with E-state index in [-0.39, 0.29) is 11.7 Å². The number of benzene rings is 2. The normalized spacial score (nSPS) is 14.5. The first-order valence-electron chi connectivity index (χ1n) is 6.90. The molecule has 0 saturated heterocycles. The number of halogens is 1. The number of rotatable bonds is 2. The summed E-state index contributed by atoms with van der Waals surface area (Å²) in [6.07, 6.45) is 0. The minimum absolute atomic E-state index is 0.0958. The first-order valence-corrected chi connectivity index (χ1v) is 9.53. The molecule has 6 nitrogen and oxygen atoms in total. The number of ether oxygens (including phenoxy) is 2. The topological polar surface area (TPSA) is 69.9 Å². The number of aromatic nitrogens is 1. The molecule has 2 aromatic carbocycles. The van der Waals surface area contributed by atoms with Crippen LogP contribution in [-0.4, -0.2) is 19.8 Å². The highest BCUT2D eigenvalue weighted by Gasteiger charge is 2.18. The highest BCUT2D eigenvalue weighted by Crippen LogP contribution is 2.36. The molecule has 0 aliphatic carbocycles. The largest absolute Gasteiger partial charge is 0.454 e. The van der Waals surface area contributed by atoms with Gasteiger partial charge in [-0.3, -0.25) is 0 Å². The van der Waals surface area contributed by atoms with E-state index in [1.54, 1.807) is 11.6 Å². The van der Waals surface area contributed by atoms with Gasteiger partial charge in [0.25, 0.3) is 10.0 Å². The molecule has 1 aliphatic heterocycles. The van der Waals surface area contributed by atoms with Gasteiger partial charge in [0, 0.05) is 24.2 Å². The molecular weight excluding hydrogens is 372 g/mol. The average molecular weight is 383 g/mol. The summed E-state index contributed by atoms with van der Waals surface area (Å²) in [5, 5.41) is 0.468. The molecule has 0 bridgehead atoms. The van der Waals surface area contributed by atoms with Crippen LogP contribution in [0.25, 0.3) is 10.2 Å². The highest BCUT2D eigenvalue weighted by atomic mass is 35.5. The summed E-state index contributed by atoms with van der Waals surface area (Å²) in [7, 11) is -2.06. The van der Waals surface area contributed by atoms with Crippen molar-refractivity contribution in [1.82, 2.24) is 4.57 Å². The summed E-state index contributed by atoms with van der Waals surface area (Å²) in [6.45, 7) is 0.193. The van der Waals surface area contributed by atoms with Crippen LogP contribution in [0.15, 0.2) is 45.7 Å². The zero-order chi connectivity index (χ0) is 16.9. The summed E-state index contributed by atoms with van der Waals surface area (Å²) < 4.78 is 42.2. The van der Waals surface area contributed by atoms with E-state index in [1.807, 2.05) is 12.1 Å². The smallest absolute Gasteiger partial charge is 0.285 e. The standard InChI is InChI=1S/C15H11ClN2O4S2/c1-18-11-6-12-13(22-8-21-12)7-14(11)23-15(18)17-24(19,20)10-4-2-9(16)3-5-10/h2-7H,8H2,1H3. The van der Waals surface area contributed by atoms with Crippen molar-refractivity contribution in [3.05, 3.63) is 46.2 Å². The summed E-state index contributed by atoms with van der Waals surface area (Å²) in [5.41, 5.74) is 0.828. The molecule has 24 heavy (non-hydrogen) atoms. The van der Waals surface area contributed by atoms with Gasteiger partial charge in [-0.1, -0.05) is 22.9 Å². The zero-order valence-corrected chi connectivity index (χ0v) is 14.8. The molecule has 9 heteroatoms. The molecule has 124 valence electrons. The number of hydrogen-bond donors (Lipinski definition) is 0. The van der Waals surface area contributed by atoms with E-state index in [0.29, 0.717) is 21.3 Å². The summed E-state index contributed by atoms with van der Waals surface area (Å²) >= 11 is 7.07. The summed E-state index contributed by atoms with van der Waals surface area (Å²) in [6, 6.07) is 9.57. The third-order valence-electron chi connectivity index (χ3n) is 3.61. The Balaban J connectivity index is 1.88. The highest BCUT2D eigenvalue weighted by molar-refractivity contribution is 7.90. The van der Waals surface area contributed by atoms with Crippen molar-refractivity contribution < 1.29 is 17.9 Å². The van der Waals surface area contributed by atoms with E-state index in [1.165, 1.54) is 35.6 Å². The van der Waals surface area contributed by atoms with Gasteiger partial charge in [-0.15, -0.1) is 4.40 Å². The Bertz CT molecular complexity index is 1110.